The maximum absolute atomic E-state index is 14.3. The van der Waals surface area contributed by atoms with E-state index in [-0.39, 0.29) is 81.6 Å². The predicted molar refractivity (Wildman–Crippen MR) is 309 cm³/mol. The number of nitrogens with one attached hydrogen (secondary N) is 11. The van der Waals surface area contributed by atoms with Crippen LogP contribution in [0.3, 0.4) is 0 Å². The summed E-state index contributed by atoms with van der Waals surface area (Å²) in [5, 5.41) is 45.8. The van der Waals surface area contributed by atoms with Gasteiger partial charge in [0.05, 0.1) is 18.9 Å². The zero-order valence-electron chi connectivity index (χ0n) is 48.7. The van der Waals surface area contributed by atoms with Crippen LogP contribution in [0.15, 0.2) is 17.5 Å². The first-order valence-electron chi connectivity index (χ1n) is 28.1. The van der Waals surface area contributed by atoms with Gasteiger partial charge < -0.3 is 91.3 Å². The zero-order valence-corrected chi connectivity index (χ0v) is 49.5. The van der Waals surface area contributed by atoms with E-state index in [9.17, 15) is 67.7 Å². The van der Waals surface area contributed by atoms with Crippen LogP contribution in [-0.4, -0.2) is 189 Å². The number of nitrogens with two attached hydrogens (primary N) is 4. The van der Waals surface area contributed by atoms with Gasteiger partial charge in [0.1, 0.15) is 54.4 Å². The molecule has 1 aromatic heterocycles. The molecule has 10 atom stereocenters. The van der Waals surface area contributed by atoms with E-state index in [1.807, 2.05) is 13.8 Å². The van der Waals surface area contributed by atoms with E-state index in [4.69, 9.17) is 22.9 Å². The molecular weight excluding hydrogens is 1120 g/mol. The molecule has 0 bridgehead atoms. The number of primary amides is 1. The molecule has 0 saturated carbocycles. The number of thioether (sulfide) groups is 1. The third kappa shape index (κ3) is 28.1. The number of nitrogens with zero attached hydrogens (tertiary/aromatic N) is 2. The Bertz CT molecular complexity index is 2390. The second-order valence-electron chi connectivity index (χ2n) is 21.3. The molecule has 1 aromatic rings. The number of aromatic nitrogens is 2. The standard InChI is InChI=1S/C52H89N17O14S/c1-27(2)20-34-43(75)58-17-10-8-7-9-13-40(72)69-42(29(5)70)51(83)63-32(14-15-41(73)74)45(77)61-31(12-11-18-59-52(55)56)44(76)62-33(16-19-84-6)46(78)68-38(24-53)50(82)65-35(21-28(3)4)47(79)66-36(22-30-25-57-26-60-30)48(80)67-37(23-39(54)71)49(81)64-34/h25-29,31-38,42,70H,7-24,53H2,1-6H3,(H2,54,71)(H,57,60)(H,58,75)(H,61,77)(H,62,76)(H,63,83)(H,64,81)(H,65,82)(H,66,79)(H,67,80)(H,68,78)(H,69,72)(H,73,74)(H4,55,56,59)/t29-,31+,32+,33+,34+,35+,36+,37+,38+,42+/m1/s1. The van der Waals surface area contributed by atoms with E-state index < -0.39 is 157 Å². The largest absolute Gasteiger partial charge is 0.481 e. The monoisotopic (exact) mass is 1210 g/mol. The van der Waals surface area contributed by atoms with Gasteiger partial charge in [-0.2, -0.15) is 11.8 Å². The second-order valence-corrected chi connectivity index (χ2v) is 22.3. The lowest BCUT2D eigenvalue weighted by Gasteiger charge is -2.28. The summed E-state index contributed by atoms with van der Waals surface area (Å²) in [6.07, 6.45) is 2.37. The van der Waals surface area contributed by atoms with E-state index in [1.165, 1.54) is 31.2 Å². The predicted octanol–water partition coefficient (Wildman–Crippen LogP) is -4.63. The molecule has 1 aliphatic rings. The molecule has 0 spiro atoms. The first-order chi connectivity index (χ1) is 39.6. The minimum atomic E-state index is -1.65. The number of hydrogen-bond donors (Lipinski definition) is 17. The van der Waals surface area contributed by atoms with Crippen molar-refractivity contribution in [2.24, 2.45) is 39.8 Å². The van der Waals surface area contributed by atoms with Crippen LogP contribution in [0.5, 0.6) is 0 Å². The number of guanidine groups is 1. The lowest BCUT2D eigenvalue weighted by Crippen LogP contribution is -2.62. The normalized spacial score (nSPS) is 24.6. The number of carboxylic acids is 1. The number of carboxylic acid groups (broad SMARTS) is 1. The molecule has 0 aliphatic carbocycles. The Morgan fingerprint density at radius 1 is 0.631 bits per heavy atom. The summed E-state index contributed by atoms with van der Waals surface area (Å²) in [5.74, 6) is -11.6. The topological polar surface area (TPSA) is 511 Å². The van der Waals surface area contributed by atoms with Crippen LogP contribution in [0.1, 0.15) is 124 Å². The van der Waals surface area contributed by atoms with Crippen LogP contribution in [0, 0.1) is 11.8 Å². The lowest BCUT2D eigenvalue weighted by molar-refractivity contribution is -0.139. The highest BCUT2D eigenvalue weighted by Crippen LogP contribution is 2.13. The first-order valence-corrected chi connectivity index (χ1v) is 29.4. The molecule has 1 aliphatic heterocycles. The Morgan fingerprint density at radius 3 is 1.65 bits per heavy atom. The Kier molecular flexibility index (Phi) is 33.0. The van der Waals surface area contributed by atoms with E-state index in [1.54, 1.807) is 20.1 Å². The van der Waals surface area contributed by atoms with Crippen LogP contribution in [-0.2, 0) is 64.0 Å². The molecule has 2 rings (SSSR count). The number of H-pyrrole nitrogens is 1. The molecule has 32 heteroatoms. The summed E-state index contributed by atoms with van der Waals surface area (Å²) in [7, 11) is 0. The third-order valence-corrected chi connectivity index (χ3v) is 13.7. The smallest absolute Gasteiger partial charge is 0.303 e. The lowest BCUT2D eigenvalue weighted by atomic mass is 10.0. The van der Waals surface area contributed by atoms with Gasteiger partial charge >= 0.3 is 5.97 Å². The number of rotatable bonds is 20. The van der Waals surface area contributed by atoms with Crippen molar-refractivity contribution >= 4 is 88.7 Å². The fourth-order valence-corrected chi connectivity index (χ4v) is 9.08. The van der Waals surface area contributed by atoms with Gasteiger partial charge in [-0.05, 0) is 82.1 Å². The molecule has 31 nitrogen and oxygen atoms in total. The number of aliphatic imine (C=N–C) groups is 1. The summed E-state index contributed by atoms with van der Waals surface area (Å²) >= 11 is 1.30. The minimum absolute atomic E-state index is 0.0194. The third-order valence-electron chi connectivity index (χ3n) is 13.0. The highest BCUT2D eigenvalue weighted by Gasteiger charge is 2.37. The molecule has 21 N–H and O–H groups in total. The molecule has 0 unspecified atom stereocenters. The van der Waals surface area contributed by atoms with Crippen molar-refractivity contribution in [3.63, 3.8) is 0 Å². The number of amides is 11. The summed E-state index contributed by atoms with van der Waals surface area (Å²) in [5.41, 5.74) is 22.9. The van der Waals surface area contributed by atoms with Crippen molar-refractivity contribution in [2.45, 2.75) is 185 Å². The van der Waals surface area contributed by atoms with Crippen molar-refractivity contribution in [1.82, 2.24) is 63.1 Å². The van der Waals surface area contributed by atoms with E-state index in [0.29, 0.717) is 31.4 Å². The Labute approximate surface area is 492 Å². The fourth-order valence-electron chi connectivity index (χ4n) is 8.60. The summed E-state index contributed by atoms with van der Waals surface area (Å²) in [6.45, 7) is 7.92. The highest BCUT2D eigenvalue weighted by molar-refractivity contribution is 7.98. The van der Waals surface area contributed by atoms with Crippen LogP contribution in [0.2, 0.25) is 0 Å². The van der Waals surface area contributed by atoms with Crippen LogP contribution >= 0.6 is 11.8 Å². The van der Waals surface area contributed by atoms with Gasteiger partial charge in [-0.1, -0.05) is 40.5 Å². The van der Waals surface area contributed by atoms with Gasteiger partial charge in [-0.3, -0.25) is 62.5 Å². The minimum Gasteiger partial charge on any atom is -0.481 e. The van der Waals surface area contributed by atoms with Crippen LogP contribution in [0.4, 0.5) is 0 Å². The van der Waals surface area contributed by atoms with Gasteiger partial charge in [0.25, 0.3) is 0 Å². The van der Waals surface area contributed by atoms with Crippen LogP contribution < -0.4 is 76.1 Å². The Morgan fingerprint density at radius 2 is 1.12 bits per heavy atom. The second kappa shape index (κ2) is 38.3. The summed E-state index contributed by atoms with van der Waals surface area (Å²) < 4.78 is 0. The maximum Gasteiger partial charge on any atom is 0.303 e. The van der Waals surface area contributed by atoms with Crippen molar-refractivity contribution in [1.29, 1.82) is 0 Å². The van der Waals surface area contributed by atoms with Crippen molar-refractivity contribution in [3.05, 3.63) is 18.2 Å². The molecule has 2 heterocycles. The van der Waals surface area contributed by atoms with Crippen molar-refractivity contribution in [2.75, 3.05) is 31.6 Å². The fraction of sp³-hybridized carbons (Fsp3) is 0.692. The van der Waals surface area contributed by atoms with Gasteiger partial charge in [0.15, 0.2) is 5.96 Å². The quantitative estimate of drug-likeness (QED) is 0.0332. The van der Waals surface area contributed by atoms with Crippen molar-refractivity contribution in [3.8, 4) is 0 Å². The van der Waals surface area contributed by atoms with Gasteiger partial charge in [0, 0.05) is 50.8 Å². The van der Waals surface area contributed by atoms with Gasteiger partial charge in [-0.15, -0.1) is 0 Å². The Balaban J connectivity index is 2.71. The number of aliphatic hydroxyl groups excluding tert-OH is 1. The van der Waals surface area contributed by atoms with Gasteiger partial charge in [0.2, 0.25) is 65.0 Å². The molecule has 1 fully saturated rings. The molecular formula is C52H89N17O14S. The molecule has 1 saturated heterocycles. The number of imidazole rings is 1. The van der Waals surface area contributed by atoms with Crippen molar-refractivity contribution < 1.29 is 67.7 Å². The summed E-state index contributed by atoms with van der Waals surface area (Å²) in [4.78, 5) is 174. The highest BCUT2D eigenvalue weighted by atomic mass is 32.2. The number of aliphatic hydroxyl groups is 1. The van der Waals surface area contributed by atoms with E-state index in [2.05, 4.69) is 68.1 Å². The number of hydrogen-bond acceptors (Lipinski definition) is 17. The molecule has 84 heavy (non-hydrogen) atoms. The Hall–Kier alpha value is -7.61. The SMILES string of the molecule is CSCC[C@@H]1NC(=O)[C@H](CCCN=C(N)N)NC(=O)[C@H](CCC(=O)O)NC(=O)[C@H]([C@@H](C)O)NC(=O)CCCCCCNC(=O)[C@H](CC(C)C)NC(=O)[C@H](CC(N)=O)NC(=O)[C@H](Cc2cnc[nH]2)NC(=O)[C@H](CC(C)C)NC(=O)[C@H](CN)NC1=O. The average Bonchev–Trinajstić information content (AvgIpc) is 4.08. The molecule has 472 valence electrons. The molecule has 0 aromatic carbocycles. The van der Waals surface area contributed by atoms with E-state index in [0.717, 1.165) is 0 Å². The maximum atomic E-state index is 14.3. The number of carbonyl (C=O) groups excluding carboxylic acids is 11. The molecule has 0 radical (unpaired) electrons. The molecule has 11 amide bonds. The van der Waals surface area contributed by atoms with Crippen LogP contribution in [0.25, 0.3) is 0 Å². The number of aromatic amines is 1. The van der Waals surface area contributed by atoms with Gasteiger partial charge in [-0.25, -0.2) is 4.98 Å². The van der Waals surface area contributed by atoms with E-state index >= 15 is 0 Å². The number of aliphatic carboxylic acids is 1. The number of carbonyl (C=O) groups is 12. The first kappa shape index (κ1) is 72.5. The average molecular weight is 1210 g/mol. The zero-order chi connectivity index (χ0) is 63.1. The summed E-state index contributed by atoms with van der Waals surface area (Å²) in [6, 6.07) is -13.4.